The number of aldehydes is 1. The first kappa shape index (κ1) is 7.69. The molecule has 58 valence electrons. The number of carbonyl (C=O) groups is 1. The minimum atomic E-state index is 0.536. The quantitative estimate of drug-likeness (QED) is 0.526. The van der Waals surface area contributed by atoms with Crippen molar-refractivity contribution in [3.05, 3.63) is 0 Å². The molecule has 0 aliphatic carbocycles. The molecule has 1 atom stereocenters. The number of piperazine rings is 1. The molecule has 1 aliphatic rings. The van der Waals surface area contributed by atoms with Gasteiger partial charge in [-0.05, 0) is 6.92 Å². The molecule has 10 heavy (non-hydrogen) atoms. The van der Waals surface area contributed by atoms with Gasteiger partial charge < -0.3 is 10.1 Å². The molecule has 0 spiro atoms. The van der Waals surface area contributed by atoms with Crippen molar-refractivity contribution < 1.29 is 4.79 Å². The van der Waals surface area contributed by atoms with Crippen LogP contribution in [0.15, 0.2) is 0 Å². The molecule has 1 saturated heterocycles. The maximum atomic E-state index is 10.1. The minimum Gasteiger partial charge on any atom is -0.312 e. The molecule has 1 rings (SSSR count). The number of hydrogen-bond acceptors (Lipinski definition) is 3. The highest BCUT2D eigenvalue weighted by Crippen LogP contribution is 1.95. The normalized spacial score (nSPS) is 28.3. The maximum absolute atomic E-state index is 10.1. The van der Waals surface area contributed by atoms with Crippen LogP contribution in [0.4, 0.5) is 0 Å². The summed E-state index contributed by atoms with van der Waals surface area (Å²) in [5.74, 6) is 0. The Kier molecular flexibility index (Phi) is 2.83. The average molecular weight is 142 g/mol. The maximum Gasteiger partial charge on any atom is 0.133 e. The molecular formula is C7H14N2O. The summed E-state index contributed by atoms with van der Waals surface area (Å²) in [6, 6.07) is 0.536. The lowest BCUT2D eigenvalue weighted by molar-refractivity contribution is -0.109. The topological polar surface area (TPSA) is 32.3 Å². The summed E-state index contributed by atoms with van der Waals surface area (Å²) in [4.78, 5) is 12.3. The van der Waals surface area contributed by atoms with Crippen LogP contribution in [0.25, 0.3) is 0 Å². The van der Waals surface area contributed by atoms with Crippen molar-refractivity contribution in [3.63, 3.8) is 0 Å². The predicted octanol–water partition coefficient (Wildman–Crippen LogP) is -0.521. The lowest BCUT2D eigenvalue weighted by atomic mass is 10.2. The highest BCUT2D eigenvalue weighted by Gasteiger charge is 2.13. The summed E-state index contributed by atoms with van der Waals surface area (Å²) in [6.07, 6.45) is 0.970. The second kappa shape index (κ2) is 3.68. The fourth-order valence-corrected chi connectivity index (χ4v) is 1.28. The number of carbonyl (C=O) groups excluding carboxylic acids is 1. The Morgan fingerprint density at radius 2 is 2.60 bits per heavy atom. The summed E-state index contributed by atoms with van der Waals surface area (Å²) in [6.45, 7) is 5.74. The molecule has 3 nitrogen and oxygen atoms in total. The molecule has 0 bridgehead atoms. The molecular weight excluding hydrogens is 128 g/mol. The lowest BCUT2D eigenvalue weighted by Crippen LogP contribution is -2.49. The predicted molar refractivity (Wildman–Crippen MR) is 40.0 cm³/mol. The number of nitrogens with one attached hydrogen (secondary N) is 1. The van der Waals surface area contributed by atoms with Gasteiger partial charge in [0.25, 0.3) is 0 Å². The summed E-state index contributed by atoms with van der Waals surface area (Å²) < 4.78 is 0. The van der Waals surface area contributed by atoms with Crippen LogP contribution in [0.5, 0.6) is 0 Å². The van der Waals surface area contributed by atoms with Gasteiger partial charge in [-0.3, -0.25) is 4.90 Å². The van der Waals surface area contributed by atoms with Gasteiger partial charge >= 0.3 is 0 Å². The van der Waals surface area contributed by atoms with Gasteiger partial charge in [0.15, 0.2) is 0 Å². The van der Waals surface area contributed by atoms with Gasteiger partial charge in [0.1, 0.15) is 6.29 Å². The Morgan fingerprint density at radius 3 is 3.20 bits per heavy atom. The molecule has 0 amide bonds. The highest BCUT2D eigenvalue weighted by atomic mass is 16.1. The van der Waals surface area contributed by atoms with Crippen LogP contribution < -0.4 is 5.32 Å². The van der Waals surface area contributed by atoms with E-state index in [1.54, 1.807) is 0 Å². The van der Waals surface area contributed by atoms with Crippen molar-refractivity contribution in [2.45, 2.75) is 13.0 Å². The van der Waals surface area contributed by atoms with Crippen LogP contribution in [-0.4, -0.2) is 43.4 Å². The second-order valence-electron chi connectivity index (χ2n) is 2.78. The molecule has 1 heterocycles. The van der Waals surface area contributed by atoms with E-state index in [0.717, 1.165) is 25.9 Å². The Hall–Kier alpha value is -0.410. The van der Waals surface area contributed by atoms with Gasteiger partial charge in [-0.15, -0.1) is 0 Å². The first-order valence-electron chi connectivity index (χ1n) is 3.72. The third-order valence-electron chi connectivity index (χ3n) is 1.79. The van der Waals surface area contributed by atoms with E-state index in [0.29, 0.717) is 12.6 Å². The van der Waals surface area contributed by atoms with Crippen LogP contribution in [-0.2, 0) is 4.79 Å². The van der Waals surface area contributed by atoms with E-state index in [2.05, 4.69) is 17.1 Å². The molecule has 0 radical (unpaired) electrons. The third kappa shape index (κ3) is 2.08. The Bertz CT molecular complexity index is 116. The van der Waals surface area contributed by atoms with Crippen LogP contribution in [0, 0.1) is 0 Å². The lowest BCUT2D eigenvalue weighted by Gasteiger charge is -2.30. The molecule has 3 heteroatoms. The molecule has 0 unspecified atom stereocenters. The van der Waals surface area contributed by atoms with E-state index in [-0.39, 0.29) is 0 Å². The fourth-order valence-electron chi connectivity index (χ4n) is 1.28. The molecule has 1 fully saturated rings. The van der Waals surface area contributed by atoms with Crippen LogP contribution >= 0.6 is 0 Å². The van der Waals surface area contributed by atoms with Crippen molar-refractivity contribution in [1.82, 2.24) is 10.2 Å². The van der Waals surface area contributed by atoms with Crippen LogP contribution in [0.1, 0.15) is 6.92 Å². The standard InChI is InChI=1S/C7H14N2O/c1-7-6-9(4-5-10)3-2-8-7/h5,7-8H,2-4,6H2,1H3/t7-/m1/s1. The largest absolute Gasteiger partial charge is 0.312 e. The molecule has 0 aromatic rings. The van der Waals surface area contributed by atoms with E-state index in [4.69, 9.17) is 0 Å². The summed E-state index contributed by atoms with van der Waals surface area (Å²) >= 11 is 0. The molecule has 0 aromatic heterocycles. The van der Waals surface area contributed by atoms with Crippen molar-refractivity contribution in [3.8, 4) is 0 Å². The van der Waals surface area contributed by atoms with E-state index in [9.17, 15) is 4.79 Å². The molecule has 0 saturated carbocycles. The van der Waals surface area contributed by atoms with Gasteiger partial charge in [-0.2, -0.15) is 0 Å². The number of nitrogens with zero attached hydrogens (tertiary/aromatic N) is 1. The Labute approximate surface area is 61.4 Å². The van der Waals surface area contributed by atoms with Crippen molar-refractivity contribution in [1.29, 1.82) is 0 Å². The van der Waals surface area contributed by atoms with Crippen LogP contribution in [0.2, 0.25) is 0 Å². The van der Waals surface area contributed by atoms with Gasteiger partial charge in [0, 0.05) is 25.7 Å². The molecule has 1 N–H and O–H groups in total. The van der Waals surface area contributed by atoms with E-state index in [1.807, 2.05) is 0 Å². The van der Waals surface area contributed by atoms with Gasteiger partial charge in [0.05, 0.1) is 6.54 Å². The highest BCUT2D eigenvalue weighted by molar-refractivity contribution is 5.51. The zero-order valence-corrected chi connectivity index (χ0v) is 6.34. The van der Waals surface area contributed by atoms with Crippen molar-refractivity contribution >= 4 is 6.29 Å². The molecule has 0 aromatic carbocycles. The summed E-state index contributed by atoms with van der Waals surface area (Å²) in [5, 5.41) is 3.31. The summed E-state index contributed by atoms with van der Waals surface area (Å²) in [5.41, 5.74) is 0. The zero-order chi connectivity index (χ0) is 7.40. The van der Waals surface area contributed by atoms with Crippen molar-refractivity contribution in [2.24, 2.45) is 0 Å². The smallest absolute Gasteiger partial charge is 0.133 e. The first-order chi connectivity index (χ1) is 4.83. The Morgan fingerprint density at radius 1 is 1.80 bits per heavy atom. The zero-order valence-electron chi connectivity index (χ0n) is 6.34. The average Bonchev–Trinajstić information content (AvgIpc) is 1.88. The second-order valence-corrected chi connectivity index (χ2v) is 2.78. The first-order valence-corrected chi connectivity index (χ1v) is 3.72. The van der Waals surface area contributed by atoms with Gasteiger partial charge in [-0.25, -0.2) is 0 Å². The van der Waals surface area contributed by atoms with E-state index >= 15 is 0 Å². The van der Waals surface area contributed by atoms with Gasteiger partial charge in [0.2, 0.25) is 0 Å². The van der Waals surface area contributed by atoms with Crippen LogP contribution in [0.3, 0.4) is 0 Å². The third-order valence-corrected chi connectivity index (χ3v) is 1.79. The summed E-state index contributed by atoms with van der Waals surface area (Å²) in [7, 11) is 0. The fraction of sp³-hybridized carbons (Fsp3) is 0.857. The minimum absolute atomic E-state index is 0.536. The van der Waals surface area contributed by atoms with Crippen molar-refractivity contribution in [2.75, 3.05) is 26.2 Å². The number of hydrogen-bond donors (Lipinski definition) is 1. The SMILES string of the molecule is C[C@@H]1CN(CC=O)CCN1. The molecule has 1 aliphatic heterocycles. The van der Waals surface area contributed by atoms with E-state index < -0.39 is 0 Å². The monoisotopic (exact) mass is 142 g/mol. The number of rotatable bonds is 2. The van der Waals surface area contributed by atoms with E-state index in [1.165, 1.54) is 0 Å². The van der Waals surface area contributed by atoms with Gasteiger partial charge in [-0.1, -0.05) is 0 Å². The Balaban J connectivity index is 2.24.